The molecule has 21 heavy (non-hydrogen) atoms. The van der Waals surface area contributed by atoms with Gasteiger partial charge in [-0.05, 0) is 24.1 Å². The van der Waals surface area contributed by atoms with Gasteiger partial charge in [-0.15, -0.1) is 12.4 Å². The van der Waals surface area contributed by atoms with E-state index in [1.165, 1.54) is 31.6 Å². The van der Waals surface area contributed by atoms with Crippen molar-refractivity contribution in [2.45, 2.75) is 32.2 Å². The van der Waals surface area contributed by atoms with E-state index in [9.17, 15) is 4.39 Å². The Bertz CT molecular complexity index is 425. The standard InChI is InChI=1S/C16H25FN2O.ClH/c1-3-4-5-15(19-10-8-18-9-11-19)13-6-7-14(17)16(12-13)20-2;/h6-7,12,15,18H,3-5,8-11H2,1-2H3;1H/t15-;/m1./s1. The molecule has 0 radical (unpaired) electrons. The number of halogens is 2. The molecule has 0 aromatic heterocycles. The zero-order valence-electron chi connectivity index (χ0n) is 12.9. The maximum absolute atomic E-state index is 13.6. The molecule has 1 atom stereocenters. The minimum Gasteiger partial charge on any atom is -0.494 e. The molecule has 1 saturated heterocycles. The largest absolute Gasteiger partial charge is 0.494 e. The monoisotopic (exact) mass is 316 g/mol. The Balaban J connectivity index is 0.00000220. The number of unbranched alkanes of at least 4 members (excludes halogenated alkanes) is 1. The van der Waals surface area contributed by atoms with Crippen molar-refractivity contribution in [3.8, 4) is 5.75 Å². The fourth-order valence-corrected chi connectivity index (χ4v) is 2.83. The summed E-state index contributed by atoms with van der Waals surface area (Å²) in [5, 5.41) is 3.38. The minimum atomic E-state index is -0.286. The molecule has 1 aromatic carbocycles. The Morgan fingerprint density at radius 3 is 2.67 bits per heavy atom. The van der Waals surface area contributed by atoms with Gasteiger partial charge in [-0.2, -0.15) is 0 Å². The van der Waals surface area contributed by atoms with Crippen LogP contribution < -0.4 is 10.1 Å². The van der Waals surface area contributed by atoms with Crippen LogP contribution >= 0.6 is 12.4 Å². The fourth-order valence-electron chi connectivity index (χ4n) is 2.83. The molecule has 0 amide bonds. The Kier molecular flexibility index (Phi) is 8.01. The molecule has 1 aliphatic heterocycles. The molecule has 2 rings (SSSR count). The average molecular weight is 317 g/mol. The SMILES string of the molecule is CCCC[C@H](c1ccc(F)c(OC)c1)N1CCNCC1.Cl. The lowest BCUT2D eigenvalue weighted by Crippen LogP contribution is -2.45. The highest BCUT2D eigenvalue weighted by atomic mass is 35.5. The van der Waals surface area contributed by atoms with Gasteiger partial charge in [-0.1, -0.05) is 25.8 Å². The zero-order chi connectivity index (χ0) is 14.4. The first-order chi connectivity index (χ1) is 9.76. The van der Waals surface area contributed by atoms with Gasteiger partial charge in [0.2, 0.25) is 0 Å². The van der Waals surface area contributed by atoms with Crippen LogP contribution in [0.3, 0.4) is 0 Å². The van der Waals surface area contributed by atoms with Gasteiger partial charge in [0.15, 0.2) is 11.6 Å². The first-order valence-electron chi connectivity index (χ1n) is 7.54. The van der Waals surface area contributed by atoms with Crippen LogP contribution in [0.5, 0.6) is 5.75 Å². The molecular formula is C16H26ClFN2O. The van der Waals surface area contributed by atoms with E-state index in [1.807, 2.05) is 12.1 Å². The maximum atomic E-state index is 13.6. The van der Waals surface area contributed by atoms with Crippen molar-refractivity contribution < 1.29 is 9.13 Å². The minimum absolute atomic E-state index is 0. The molecule has 5 heteroatoms. The van der Waals surface area contributed by atoms with E-state index in [1.54, 1.807) is 0 Å². The van der Waals surface area contributed by atoms with Crippen LogP contribution in [0.1, 0.15) is 37.8 Å². The summed E-state index contributed by atoms with van der Waals surface area (Å²) < 4.78 is 18.7. The van der Waals surface area contributed by atoms with Gasteiger partial charge < -0.3 is 10.1 Å². The quantitative estimate of drug-likeness (QED) is 0.870. The van der Waals surface area contributed by atoms with Gasteiger partial charge in [0.25, 0.3) is 0 Å². The second-order valence-corrected chi connectivity index (χ2v) is 5.34. The molecule has 1 aromatic rings. The summed E-state index contributed by atoms with van der Waals surface area (Å²) >= 11 is 0. The van der Waals surface area contributed by atoms with E-state index in [0.717, 1.165) is 32.6 Å². The molecule has 0 bridgehead atoms. The predicted molar refractivity (Wildman–Crippen MR) is 86.9 cm³/mol. The number of piperazine rings is 1. The van der Waals surface area contributed by atoms with Crippen LogP contribution in [0.15, 0.2) is 18.2 Å². The summed E-state index contributed by atoms with van der Waals surface area (Å²) in [5.41, 5.74) is 1.17. The summed E-state index contributed by atoms with van der Waals surface area (Å²) in [5.74, 6) is 0.0601. The van der Waals surface area contributed by atoms with Crippen LogP contribution in [0.25, 0.3) is 0 Å². The molecule has 0 spiro atoms. The zero-order valence-corrected chi connectivity index (χ0v) is 13.7. The van der Waals surface area contributed by atoms with Crippen molar-refractivity contribution in [1.82, 2.24) is 10.2 Å². The van der Waals surface area contributed by atoms with Crippen LogP contribution in [-0.4, -0.2) is 38.2 Å². The van der Waals surface area contributed by atoms with E-state index in [-0.39, 0.29) is 18.2 Å². The molecule has 1 heterocycles. The maximum Gasteiger partial charge on any atom is 0.165 e. The number of benzene rings is 1. The van der Waals surface area contributed by atoms with Crippen molar-refractivity contribution in [3.63, 3.8) is 0 Å². The van der Waals surface area contributed by atoms with E-state index < -0.39 is 0 Å². The molecule has 0 saturated carbocycles. The van der Waals surface area contributed by atoms with E-state index in [2.05, 4.69) is 17.1 Å². The van der Waals surface area contributed by atoms with Crippen LogP contribution in [0.2, 0.25) is 0 Å². The molecule has 1 fully saturated rings. The number of methoxy groups -OCH3 is 1. The summed E-state index contributed by atoms with van der Waals surface area (Å²) in [4.78, 5) is 2.50. The fraction of sp³-hybridized carbons (Fsp3) is 0.625. The highest BCUT2D eigenvalue weighted by molar-refractivity contribution is 5.85. The first kappa shape index (κ1) is 18.2. The summed E-state index contributed by atoms with van der Waals surface area (Å²) in [6, 6.07) is 5.65. The van der Waals surface area contributed by atoms with E-state index in [0.29, 0.717) is 11.8 Å². The third-order valence-corrected chi connectivity index (χ3v) is 3.98. The first-order valence-corrected chi connectivity index (χ1v) is 7.54. The lowest BCUT2D eigenvalue weighted by Gasteiger charge is -2.35. The smallest absolute Gasteiger partial charge is 0.165 e. The number of ether oxygens (including phenoxy) is 1. The molecule has 3 nitrogen and oxygen atoms in total. The number of nitrogens with one attached hydrogen (secondary N) is 1. The van der Waals surface area contributed by atoms with Crippen molar-refractivity contribution in [2.75, 3.05) is 33.3 Å². The van der Waals surface area contributed by atoms with Crippen molar-refractivity contribution in [3.05, 3.63) is 29.6 Å². The Morgan fingerprint density at radius 2 is 2.05 bits per heavy atom. The second-order valence-electron chi connectivity index (χ2n) is 5.34. The second kappa shape index (κ2) is 9.23. The highest BCUT2D eigenvalue weighted by Crippen LogP contribution is 2.30. The molecule has 120 valence electrons. The Hall–Kier alpha value is -0.840. The highest BCUT2D eigenvalue weighted by Gasteiger charge is 2.22. The van der Waals surface area contributed by atoms with Gasteiger partial charge >= 0.3 is 0 Å². The topological polar surface area (TPSA) is 24.5 Å². The molecule has 0 aliphatic carbocycles. The van der Waals surface area contributed by atoms with Gasteiger partial charge in [-0.25, -0.2) is 4.39 Å². The lowest BCUT2D eigenvalue weighted by molar-refractivity contribution is 0.163. The third-order valence-electron chi connectivity index (χ3n) is 3.98. The van der Waals surface area contributed by atoms with Crippen LogP contribution in [0, 0.1) is 5.82 Å². The summed E-state index contributed by atoms with van der Waals surface area (Å²) in [6.45, 7) is 6.37. The number of hydrogen-bond donors (Lipinski definition) is 1. The Morgan fingerprint density at radius 1 is 1.33 bits per heavy atom. The number of rotatable bonds is 6. The lowest BCUT2D eigenvalue weighted by atomic mass is 9.98. The number of hydrogen-bond acceptors (Lipinski definition) is 3. The average Bonchev–Trinajstić information content (AvgIpc) is 2.50. The predicted octanol–water partition coefficient (Wildman–Crippen LogP) is 3.39. The van der Waals surface area contributed by atoms with Gasteiger partial charge in [0, 0.05) is 32.2 Å². The van der Waals surface area contributed by atoms with Crippen molar-refractivity contribution in [1.29, 1.82) is 0 Å². The van der Waals surface area contributed by atoms with Crippen molar-refractivity contribution >= 4 is 12.4 Å². The molecular weight excluding hydrogens is 291 g/mol. The van der Waals surface area contributed by atoms with E-state index >= 15 is 0 Å². The van der Waals surface area contributed by atoms with Crippen LogP contribution in [-0.2, 0) is 0 Å². The normalized spacial score (nSPS) is 17.1. The van der Waals surface area contributed by atoms with Crippen molar-refractivity contribution in [2.24, 2.45) is 0 Å². The Labute approximate surface area is 133 Å². The summed E-state index contributed by atoms with van der Waals surface area (Å²) in [6.07, 6.45) is 3.49. The van der Waals surface area contributed by atoms with Gasteiger partial charge in [-0.3, -0.25) is 4.90 Å². The van der Waals surface area contributed by atoms with Gasteiger partial charge in [0.05, 0.1) is 7.11 Å². The number of nitrogens with zero attached hydrogens (tertiary/aromatic N) is 1. The molecule has 1 N–H and O–H groups in total. The summed E-state index contributed by atoms with van der Waals surface area (Å²) in [7, 11) is 1.52. The van der Waals surface area contributed by atoms with E-state index in [4.69, 9.17) is 4.74 Å². The van der Waals surface area contributed by atoms with Gasteiger partial charge in [0.1, 0.15) is 0 Å². The molecule has 1 aliphatic rings. The van der Waals surface area contributed by atoms with Crippen LogP contribution in [0.4, 0.5) is 4.39 Å². The third kappa shape index (κ3) is 4.83. The molecule has 0 unspecified atom stereocenters.